The van der Waals surface area contributed by atoms with Crippen LogP contribution < -0.4 is 20.5 Å². The van der Waals surface area contributed by atoms with Crippen molar-refractivity contribution in [2.75, 3.05) is 25.2 Å². The maximum absolute atomic E-state index is 13.4. The number of amides is 3. The molecule has 3 N–H and O–H groups in total. The van der Waals surface area contributed by atoms with Gasteiger partial charge in [0.1, 0.15) is 6.17 Å². The van der Waals surface area contributed by atoms with Crippen molar-refractivity contribution in [2.24, 2.45) is 11.7 Å². The number of rotatable bonds is 6. The van der Waals surface area contributed by atoms with Gasteiger partial charge in [-0.3, -0.25) is 14.4 Å². The molecule has 3 aliphatic rings. The number of carbonyl (C=O) groups is 3. The second-order valence-electron chi connectivity index (χ2n) is 9.80. The van der Waals surface area contributed by atoms with Crippen LogP contribution in [0, 0.1) is 5.92 Å². The standard InChI is InChI=1S/C29H28N4O5/c30-26(34)19-11-13-32(14-12-19)28(35)20-6-8-21(9-7-20)31-27-22-3-1-2-4-23(22)29(36)33(27)16-18-5-10-24-25(15-18)38-17-37-24/h1-10,15,19,27,31H,11-14,16-17H2,(H2,30,34). The van der Waals surface area contributed by atoms with E-state index in [9.17, 15) is 14.4 Å². The predicted molar refractivity (Wildman–Crippen MR) is 140 cm³/mol. The number of likely N-dealkylation sites (tertiary alicyclic amines) is 1. The fourth-order valence-corrected chi connectivity index (χ4v) is 5.34. The number of fused-ring (bicyclic) bond motifs is 2. The van der Waals surface area contributed by atoms with Gasteiger partial charge < -0.3 is 30.3 Å². The zero-order valence-corrected chi connectivity index (χ0v) is 20.8. The lowest BCUT2D eigenvalue weighted by atomic mass is 9.96. The van der Waals surface area contributed by atoms with Crippen LogP contribution in [0.1, 0.15) is 50.9 Å². The van der Waals surface area contributed by atoms with Crippen LogP contribution in [-0.2, 0) is 11.3 Å². The van der Waals surface area contributed by atoms with Crippen molar-refractivity contribution < 1.29 is 23.9 Å². The molecule has 0 bridgehead atoms. The summed E-state index contributed by atoms with van der Waals surface area (Å²) in [6, 6.07) is 20.6. The number of hydrogen-bond donors (Lipinski definition) is 2. The summed E-state index contributed by atoms with van der Waals surface area (Å²) in [7, 11) is 0. The number of anilines is 1. The fourth-order valence-electron chi connectivity index (χ4n) is 5.34. The van der Waals surface area contributed by atoms with Crippen LogP contribution in [0.3, 0.4) is 0 Å². The Morgan fingerprint density at radius 2 is 1.68 bits per heavy atom. The molecule has 3 aromatic rings. The molecular weight excluding hydrogens is 484 g/mol. The predicted octanol–water partition coefficient (Wildman–Crippen LogP) is 3.52. The van der Waals surface area contributed by atoms with E-state index in [1.807, 2.05) is 54.6 Å². The second-order valence-corrected chi connectivity index (χ2v) is 9.80. The average molecular weight is 513 g/mol. The number of hydrogen-bond acceptors (Lipinski definition) is 6. The summed E-state index contributed by atoms with van der Waals surface area (Å²) in [6.07, 6.45) is 0.808. The van der Waals surface area contributed by atoms with Crippen molar-refractivity contribution in [2.45, 2.75) is 25.6 Å². The number of piperidine rings is 1. The van der Waals surface area contributed by atoms with Crippen molar-refractivity contribution in [3.05, 3.63) is 89.0 Å². The monoisotopic (exact) mass is 512 g/mol. The fraction of sp³-hybridized carbons (Fsp3) is 0.276. The first-order valence-electron chi connectivity index (χ1n) is 12.7. The molecule has 3 aliphatic heterocycles. The molecule has 0 aromatic heterocycles. The molecule has 3 aromatic carbocycles. The first-order valence-corrected chi connectivity index (χ1v) is 12.7. The number of nitrogens with two attached hydrogens (primary N) is 1. The van der Waals surface area contributed by atoms with E-state index in [1.54, 1.807) is 21.9 Å². The summed E-state index contributed by atoms with van der Waals surface area (Å²) in [5.74, 6) is 0.795. The summed E-state index contributed by atoms with van der Waals surface area (Å²) < 4.78 is 10.9. The van der Waals surface area contributed by atoms with E-state index in [-0.39, 0.29) is 36.6 Å². The highest BCUT2D eigenvalue weighted by atomic mass is 16.7. The van der Waals surface area contributed by atoms with Crippen molar-refractivity contribution in [1.82, 2.24) is 9.80 Å². The highest BCUT2D eigenvalue weighted by Crippen LogP contribution is 2.38. The Balaban J connectivity index is 1.19. The van der Waals surface area contributed by atoms with E-state index in [4.69, 9.17) is 15.2 Å². The van der Waals surface area contributed by atoms with E-state index in [1.165, 1.54) is 0 Å². The van der Waals surface area contributed by atoms with Gasteiger partial charge in [-0.1, -0.05) is 24.3 Å². The van der Waals surface area contributed by atoms with E-state index in [0.717, 1.165) is 16.8 Å². The first kappa shape index (κ1) is 23.8. The van der Waals surface area contributed by atoms with Gasteiger partial charge in [-0.25, -0.2) is 0 Å². The quantitative estimate of drug-likeness (QED) is 0.523. The van der Waals surface area contributed by atoms with Crippen molar-refractivity contribution >= 4 is 23.4 Å². The van der Waals surface area contributed by atoms with E-state index in [2.05, 4.69) is 5.32 Å². The number of benzene rings is 3. The number of primary amides is 1. The summed E-state index contributed by atoms with van der Waals surface area (Å²) in [5, 5.41) is 3.49. The van der Waals surface area contributed by atoms with Crippen molar-refractivity contribution in [3.63, 3.8) is 0 Å². The van der Waals surface area contributed by atoms with Crippen molar-refractivity contribution in [3.8, 4) is 11.5 Å². The summed E-state index contributed by atoms with van der Waals surface area (Å²) in [5.41, 5.74) is 9.28. The van der Waals surface area contributed by atoms with Gasteiger partial charge in [0.25, 0.3) is 11.8 Å². The number of ether oxygens (including phenoxy) is 2. The molecule has 1 saturated heterocycles. The molecule has 0 spiro atoms. The highest BCUT2D eigenvalue weighted by molar-refractivity contribution is 5.99. The minimum Gasteiger partial charge on any atom is -0.454 e. The van der Waals surface area contributed by atoms with Gasteiger partial charge in [0.05, 0.1) is 0 Å². The third-order valence-corrected chi connectivity index (χ3v) is 7.47. The van der Waals surface area contributed by atoms with Crippen LogP contribution in [0.2, 0.25) is 0 Å². The summed E-state index contributed by atoms with van der Waals surface area (Å²) >= 11 is 0. The Morgan fingerprint density at radius 3 is 2.45 bits per heavy atom. The van der Waals surface area contributed by atoms with Gasteiger partial charge in [-0.05, 0) is 60.9 Å². The molecule has 0 aliphatic carbocycles. The smallest absolute Gasteiger partial charge is 0.256 e. The minimum atomic E-state index is -0.376. The van der Waals surface area contributed by atoms with Crippen molar-refractivity contribution in [1.29, 1.82) is 0 Å². The zero-order chi connectivity index (χ0) is 26.2. The molecule has 1 fully saturated rings. The minimum absolute atomic E-state index is 0.0538. The van der Waals surface area contributed by atoms with Gasteiger partial charge in [0.15, 0.2) is 11.5 Å². The summed E-state index contributed by atoms with van der Waals surface area (Å²) in [6.45, 7) is 1.62. The summed E-state index contributed by atoms with van der Waals surface area (Å²) in [4.78, 5) is 41.3. The van der Waals surface area contributed by atoms with E-state index in [0.29, 0.717) is 55.1 Å². The molecule has 9 nitrogen and oxygen atoms in total. The molecule has 9 heteroatoms. The molecule has 0 saturated carbocycles. The first-order chi connectivity index (χ1) is 18.5. The Morgan fingerprint density at radius 1 is 0.947 bits per heavy atom. The third kappa shape index (κ3) is 4.40. The van der Waals surface area contributed by atoms with Gasteiger partial charge >= 0.3 is 0 Å². The van der Waals surface area contributed by atoms with Crippen LogP contribution in [0.15, 0.2) is 66.7 Å². The molecule has 3 heterocycles. The lowest BCUT2D eigenvalue weighted by Crippen LogP contribution is -2.41. The Bertz CT molecular complexity index is 1400. The highest BCUT2D eigenvalue weighted by Gasteiger charge is 2.36. The van der Waals surface area contributed by atoms with E-state index >= 15 is 0 Å². The third-order valence-electron chi connectivity index (χ3n) is 7.47. The molecule has 3 amide bonds. The van der Waals surface area contributed by atoms with Gasteiger partial charge in [0, 0.05) is 47.9 Å². The topological polar surface area (TPSA) is 114 Å². The van der Waals surface area contributed by atoms with Gasteiger partial charge in [-0.2, -0.15) is 0 Å². The van der Waals surface area contributed by atoms with Gasteiger partial charge in [-0.15, -0.1) is 0 Å². The lowest BCUT2D eigenvalue weighted by molar-refractivity contribution is -0.123. The number of nitrogens with one attached hydrogen (secondary N) is 1. The largest absolute Gasteiger partial charge is 0.454 e. The van der Waals surface area contributed by atoms with Crippen LogP contribution in [0.5, 0.6) is 11.5 Å². The molecule has 194 valence electrons. The average Bonchev–Trinajstić information content (AvgIpc) is 3.52. The van der Waals surface area contributed by atoms with Gasteiger partial charge in [0.2, 0.25) is 12.7 Å². The lowest BCUT2D eigenvalue weighted by Gasteiger charge is -2.30. The maximum atomic E-state index is 13.4. The Hall–Kier alpha value is -4.53. The molecule has 1 atom stereocenters. The maximum Gasteiger partial charge on any atom is 0.256 e. The van der Waals surface area contributed by atoms with Crippen LogP contribution >= 0.6 is 0 Å². The normalized spacial score (nSPS) is 18.4. The Kier molecular flexibility index (Phi) is 6.11. The van der Waals surface area contributed by atoms with E-state index < -0.39 is 0 Å². The Labute approximate surface area is 220 Å². The molecular formula is C29H28N4O5. The number of carbonyl (C=O) groups excluding carboxylic acids is 3. The molecule has 0 radical (unpaired) electrons. The van der Waals surface area contributed by atoms with Crippen LogP contribution in [0.4, 0.5) is 5.69 Å². The second kappa shape index (κ2) is 9.74. The molecule has 38 heavy (non-hydrogen) atoms. The SMILES string of the molecule is NC(=O)C1CCN(C(=O)c2ccc(NC3c4ccccc4C(=O)N3Cc3ccc4c(c3)OCO4)cc2)CC1. The number of nitrogens with zero attached hydrogens (tertiary/aromatic N) is 2. The van der Waals surface area contributed by atoms with Crippen LogP contribution in [0.25, 0.3) is 0 Å². The zero-order valence-electron chi connectivity index (χ0n) is 20.8. The molecule has 6 rings (SSSR count). The van der Waals surface area contributed by atoms with Crippen LogP contribution in [-0.4, -0.2) is 47.4 Å². The molecule has 1 unspecified atom stereocenters.